The van der Waals surface area contributed by atoms with Gasteiger partial charge in [-0.2, -0.15) is 0 Å². The molecule has 1 unspecified atom stereocenters. The number of aromatic nitrogens is 2. The summed E-state index contributed by atoms with van der Waals surface area (Å²) >= 11 is 6.15. The summed E-state index contributed by atoms with van der Waals surface area (Å²) in [5, 5.41) is 25.6. The fourth-order valence-corrected chi connectivity index (χ4v) is 3.29. The fraction of sp³-hybridized carbons (Fsp3) is 0.200. The Morgan fingerprint density at radius 3 is 2.69 bits per heavy atom. The molecular formula is C20H19ClN4O4. The lowest BCUT2D eigenvalue weighted by atomic mass is 9.95. The second-order valence-corrected chi connectivity index (χ2v) is 7.19. The highest BCUT2D eigenvalue weighted by Crippen LogP contribution is 2.31. The van der Waals surface area contributed by atoms with E-state index in [2.05, 4.69) is 10.3 Å². The molecule has 0 radical (unpaired) electrons. The summed E-state index contributed by atoms with van der Waals surface area (Å²) in [6.07, 6.45) is 3.10. The van der Waals surface area contributed by atoms with E-state index in [0.29, 0.717) is 10.6 Å². The Morgan fingerprint density at radius 1 is 1.34 bits per heavy atom. The van der Waals surface area contributed by atoms with Crippen LogP contribution in [-0.2, 0) is 12.6 Å². The number of carbonyl (C=O) groups is 1. The van der Waals surface area contributed by atoms with E-state index < -0.39 is 16.3 Å². The van der Waals surface area contributed by atoms with Gasteiger partial charge in [0.05, 0.1) is 4.92 Å². The molecule has 3 rings (SSSR count). The topological polar surface area (TPSA) is 110 Å². The van der Waals surface area contributed by atoms with Gasteiger partial charge < -0.3 is 15.0 Å². The molecule has 0 aliphatic carbocycles. The maximum absolute atomic E-state index is 12.6. The van der Waals surface area contributed by atoms with Crippen LogP contribution in [-0.4, -0.2) is 31.9 Å². The van der Waals surface area contributed by atoms with Gasteiger partial charge in [-0.3, -0.25) is 14.9 Å². The van der Waals surface area contributed by atoms with Crippen LogP contribution in [0.5, 0.6) is 0 Å². The smallest absolute Gasteiger partial charge is 0.293 e. The van der Waals surface area contributed by atoms with Crippen LogP contribution in [0.2, 0.25) is 5.02 Å². The van der Waals surface area contributed by atoms with Crippen LogP contribution in [0.25, 0.3) is 0 Å². The SMILES string of the molecule is Cn1ccnc1C(=O)c1ccc(NCC(C)(O)c2ccccc2Cl)c([N+](=O)[O-])c1. The zero-order chi connectivity index (χ0) is 21.2. The van der Waals surface area contributed by atoms with Gasteiger partial charge in [-0.05, 0) is 25.1 Å². The number of halogens is 1. The van der Waals surface area contributed by atoms with Gasteiger partial charge in [-0.15, -0.1) is 0 Å². The average Bonchev–Trinajstić information content (AvgIpc) is 3.11. The highest BCUT2D eigenvalue weighted by atomic mass is 35.5. The second kappa shape index (κ2) is 8.02. The van der Waals surface area contributed by atoms with Crippen LogP contribution in [0.15, 0.2) is 54.9 Å². The molecule has 2 aromatic carbocycles. The number of aryl methyl sites for hydroxylation is 1. The largest absolute Gasteiger partial charge is 0.384 e. The third-order valence-electron chi connectivity index (χ3n) is 4.56. The second-order valence-electron chi connectivity index (χ2n) is 6.79. The fourth-order valence-electron chi connectivity index (χ4n) is 2.95. The van der Waals surface area contributed by atoms with Crippen LogP contribution in [0.3, 0.4) is 0 Å². The molecule has 1 heterocycles. The summed E-state index contributed by atoms with van der Waals surface area (Å²) in [6, 6.07) is 11.0. The number of hydrogen-bond donors (Lipinski definition) is 2. The van der Waals surface area contributed by atoms with Crippen molar-refractivity contribution in [3.8, 4) is 0 Å². The Hall–Kier alpha value is -3.23. The number of nitro benzene ring substituents is 1. The number of nitrogens with zero attached hydrogens (tertiary/aromatic N) is 3. The number of hydrogen-bond acceptors (Lipinski definition) is 6. The number of aliphatic hydroxyl groups is 1. The molecule has 2 N–H and O–H groups in total. The van der Waals surface area contributed by atoms with Crippen molar-refractivity contribution in [3.05, 3.63) is 86.9 Å². The van der Waals surface area contributed by atoms with Crippen molar-refractivity contribution in [2.75, 3.05) is 11.9 Å². The summed E-state index contributed by atoms with van der Waals surface area (Å²) < 4.78 is 1.54. The first-order valence-electron chi connectivity index (χ1n) is 8.72. The molecule has 29 heavy (non-hydrogen) atoms. The summed E-state index contributed by atoms with van der Waals surface area (Å²) in [5.41, 5.74) is -0.820. The first kappa shape index (κ1) is 20.5. The lowest BCUT2D eigenvalue weighted by molar-refractivity contribution is -0.384. The van der Waals surface area contributed by atoms with Crippen LogP contribution in [0, 0.1) is 10.1 Å². The first-order chi connectivity index (χ1) is 13.7. The van der Waals surface area contributed by atoms with E-state index in [1.807, 2.05) is 0 Å². The average molecular weight is 415 g/mol. The third kappa shape index (κ3) is 4.28. The first-order valence-corrected chi connectivity index (χ1v) is 9.10. The zero-order valence-electron chi connectivity index (χ0n) is 15.8. The van der Waals surface area contributed by atoms with E-state index in [1.165, 1.54) is 24.4 Å². The van der Waals surface area contributed by atoms with Crippen LogP contribution >= 0.6 is 11.6 Å². The molecule has 0 saturated heterocycles. The maximum atomic E-state index is 12.6. The third-order valence-corrected chi connectivity index (χ3v) is 4.89. The molecule has 9 heteroatoms. The molecule has 1 aromatic heterocycles. The Balaban J connectivity index is 1.86. The minimum atomic E-state index is -1.37. The molecule has 3 aromatic rings. The van der Waals surface area contributed by atoms with Crippen LogP contribution < -0.4 is 5.32 Å². The lowest BCUT2D eigenvalue weighted by Crippen LogP contribution is -2.31. The number of nitro groups is 1. The standard InChI is InChI=1S/C20H19ClN4O4/c1-20(27,14-5-3-4-6-15(14)21)12-23-16-8-7-13(11-17(16)25(28)29)18(26)19-22-9-10-24(19)2/h3-11,23,27H,12H2,1-2H3. The Morgan fingerprint density at radius 2 is 2.07 bits per heavy atom. The molecule has 0 bridgehead atoms. The van der Waals surface area contributed by atoms with Crippen molar-refractivity contribution >= 4 is 28.8 Å². The predicted molar refractivity (Wildman–Crippen MR) is 109 cm³/mol. The van der Waals surface area contributed by atoms with Gasteiger partial charge in [0, 0.05) is 48.2 Å². The number of ketones is 1. The minimum Gasteiger partial charge on any atom is -0.384 e. The number of rotatable bonds is 7. The molecule has 0 aliphatic rings. The Labute approximate surface area is 171 Å². The number of benzene rings is 2. The van der Waals surface area contributed by atoms with E-state index in [9.17, 15) is 20.0 Å². The summed E-state index contributed by atoms with van der Waals surface area (Å²) in [7, 11) is 1.67. The Kier molecular flexibility index (Phi) is 5.67. The van der Waals surface area contributed by atoms with Crippen molar-refractivity contribution in [2.24, 2.45) is 7.05 Å². The predicted octanol–water partition coefficient (Wildman–Crippen LogP) is 3.53. The molecule has 0 amide bonds. The molecule has 8 nitrogen and oxygen atoms in total. The van der Waals surface area contributed by atoms with Crippen molar-refractivity contribution in [2.45, 2.75) is 12.5 Å². The molecule has 1 atom stereocenters. The minimum absolute atomic E-state index is 0.0236. The number of carbonyl (C=O) groups excluding carboxylic acids is 1. The van der Waals surface area contributed by atoms with Gasteiger partial charge in [-0.25, -0.2) is 4.98 Å². The van der Waals surface area contributed by atoms with Crippen molar-refractivity contribution in [3.63, 3.8) is 0 Å². The van der Waals surface area contributed by atoms with E-state index in [1.54, 1.807) is 49.0 Å². The van der Waals surface area contributed by atoms with Gasteiger partial charge in [0.15, 0.2) is 5.82 Å². The van der Waals surface area contributed by atoms with Crippen LogP contribution in [0.1, 0.15) is 28.7 Å². The van der Waals surface area contributed by atoms with Gasteiger partial charge >= 0.3 is 0 Å². The van der Waals surface area contributed by atoms with Gasteiger partial charge in [0.1, 0.15) is 11.3 Å². The molecule has 0 aliphatic heterocycles. The summed E-state index contributed by atoms with van der Waals surface area (Å²) in [5.74, 6) is -0.239. The highest BCUT2D eigenvalue weighted by Gasteiger charge is 2.27. The maximum Gasteiger partial charge on any atom is 0.293 e. The van der Waals surface area contributed by atoms with Crippen molar-refractivity contribution in [1.29, 1.82) is 0 Å². The van der Waals surface area contributed by atoms with Gasteiger partial charge in [0.2, 0.25) is 5.78 Å². The summed E-state index contributed by atoms with van der Waals surface area (Å²) in [6.45, 7) is 1.54. The molecule has 0 saturated carbocycles. The van der Waals surface area contributed by atoms with Gasteiger partial charge in [0.25, 0.3) is 5.69 Å². The lowest BCUT2D eigenvalue weighted by Gasteiger charge is -2.25. The van der Waals surface area contributed by atoms with Crippen molar-refractivity contribution in [1.82, 2.24) is 9.55 Å². The monoisotopic (exact) mass is 414 g/mol. The van der Waals surface area contributed by atoms with Crippen molar-refractivity contribution < 1.29 is 14.8 Å². The number of anilines is 1. The van der Waals surface area contributed by atoms with Crippen LogP contribution in [0.4, 0.5) is 11.4 Å². The Bertz CT molecular complexity index is 1080. The molecule has 0 spiro atoms. The molecule has 0 fully saturated rings. The highest BCUT2D eigenvalue weighted by molar-refractivity contribution is 6.31. The normalized spacial score (nSPS) is 13.0. The zero-order valence-corrected chi connectivity index (χ0v) is 16.6. The number of imidazole rings is 1. The van der Waals surface area contributed by atoms with Gasteiger partial charge in [-0.1, -0.05) is 29.8 Å². The van der Waals surface area contributed by atoms with E-state index in [4.69, 9.17) is 11.6 Å². The quantitative estimate of drug-likeness (QED) is 0.347. The molecule has 150 valence electrons. The van der Waals surface area contributed by atoms with E-state index in [0.717, 1.165) is 0 Å². The summed E-state index contributed by atoms with van der Waals surface area (Å²) in [4.78, 5) is 27.5. The molecular weight excluding hydrogens is 396 g/mol. The van der Waals surface area contributed by atoms with E-state index in [-0.39, 0.29) is 29.3 Å². The number of nitrogens with one attached hydrogen (secondary N) is 1. The van der Waals surface area contributed by atoms with E-state index >= 15 is 0 Å².